The Kier molecular flexibility index (Phi) is 7.58. The van der Waals surface area contributed by atoms with Crippen molar-refractivity contribution in [2.24, 2.45) is 5.11 Å². The lowest BCUT2D eigenvalue weighted by atomic mass is 9.85. The summed E-state index contributed by atoms with van der Waals surface area (Å²) in [6, 6.07) is 74.2. The van der Waals surface area contributed by atoms with Gasteiger partial charge in [-0.15, -0.1) is 0 Å². The van der Waals surface area contributed by atoms with Crippen molar-refractivity contribution in [2.75, 3.05) is 0 Å². The molecule has 0 saturated carbocycles. The van der Waals surface area contributed by atoms with E-state index in [0.717, 1.165) is 16.9 Å². The molecule has 248 valence electrons. The second-order valence-electron chi connectivity index (χ2n) is 13.7. The van der Waals surface area contributed by atoms with Crippen LogP contribution in [0.3, 0.4) is 0 Å². The smallest absolute Gasteiger partial charge is 0.0722 e. The third-order valence-electron chi connectivity index (χ3n) is 10.6. The molecule has 2 heteroatoms. The van der Waals surface area contributed by atoms with Crippen LogP contribution in [0.15, 0.2) is 211 Å². The molecule has 1 aliphatic heterocycles. The van der Waals surface area contributed by atoms with Gasteiger partial charge in [0.25, 0.3) is 0 Å². The van der Waals surface area contributed by atoms with E-state index in [0.29, 0.717) is 0 Å². The lowest BCUT2D eigenvalue weighted by molar-refractivity contribution is -0.533. The van der Waals surface area contributed by atoms with Crippen LogP contribution in [0.2, 0.25) is 0 Å². The van der Waals surface area contributed by atoms with Gasteiger partial charge in [0.1, 0.15) is 5.70 Å². The maximum absolute atomic E-state index is 5.38. The molecule has 0 fully saturated rings. The molecule has 1 aliphatic rings. The Labute approximate surface area is 309 Å². The van der Waals surface area contributed by atoms with Crippen molar-refractivity contribution in [1.29, 1.82) is 0 Å². The van der Waals surface area contributed by atoms with E-state index in [4.69, 9.17) is 5.11 Å². The average molecular weight is 676 g/mol. The van der Waals surface area contributed by atoms with E-state index in [1.165, 1.54) is 71.3 Å². The molecule has 0 saturated heterocycles. The van der Waals surface area contributed by atoms with Crippen LogP contribution in [-0.4, -0.2) is 4.70 Å². The number of nitrogens with zero attached hydrogens (tertiary/aromatic N) is 2. The van der Waals surface area contributed by atoms with Crippen molar-refractivity contribution in [3.8, 4) is 22.3 Å². The van der Waals surface area contributed by atoms with Crippen LogP contribution >= 0.6 is 0 Å². The predicted molar refractivity (Wildman–Crippen MR) is 221 cm³/mol. The molecule has 0 N–H and O–H groups in total. The lowest BCUT2D eigenvalue weighted by Gasteiger charge is -2.19. The summed E-state index contributed by atoms with van der Waals surface area (Å²) in [4.78, 5) is 0. The molecule has 10 rings (SSSR count). The second-order valence-corrected chi connectivity index (χ2v) is 13.7. The molecule has 0 spiro atoms. The summed E-state index contributed by atoms with van der Waals surface area (Å²) in [6.45, 7) is 0. The summed E-state index contributed by atoms with van der Waals surface area (Å²) in [7, 11) is 0. The predicted octanol–water partition coefficient (Wildman–Crippen LogP) is 13.9. The zero-order valence-corrected chi connectivity index (χ0v) is 29.1. The zero-order valence-electron chi connectivity index (χ0n) is 29.1. The third-order valence-corrected chi connectivity index (χ3v) is 10.6. The van der Waals surface area contributed by atoms with Gasteiger partial charge in [0.15, 0.2) is 0 Å². The first kappa shape index (κ1) is 30.9. The van der Waals surface area contributed by atoms with Gasteiger partial charge < -0.3 is 0 Å². The standard InChI is InChI=1S/C51H35N2/c1-4-17-36(18-5-1)49-50(38-19-6-2-7-20-38)52-53(42-22-8-3-9-23-42)51(49)39-31-29-37(30-32-39)47-43-24-12-14-26-45(43)48(46-27-15-13-25-44(46)47)41-33-28-35-16-10-11-21-40(35)34-41/h1-34,51H/q+1. The van der Waals surface area contributed by atoms with Crippen LogP contribution in [0.1, 0.15) is 22.7 Å². The number of para-hydroxylation sites is 1. The number of rotatable bonds is 6. The van der Waals surface area contributed by atoms with Gasteiger partial charge in [-0.05, 0) is 66.2 Å². The molecular weight excluding hydrogens is 641 g/mol. The molecule has 1 heterocycles. The minimum Gasteiger partial charge on any atom is -0.0722 e. The second kappa shape index (κ2) is 13.0. The minimum atomic E-state index is -0.118. The molecule has 9 aromatic carbocycles. The molecule has 0 aromatic heterocycles. The highest BCUT2D eigenvalue weighted by Crippen LogP contribution is 2.49. The van der Waals surface area contributed by atoms with Crippen LogP contribution in [0, 0.1) is 0 Å². The molecular formula is C51H35N2+. The average Bonchev–Trinajstić information content (AvgIpc) is 3.64. The zero-order chi connectivity index (χ0) is 35.1. The van der Waals surface area contributed by atoms with Gasteiger partial charge in [0.05, 0.1) is 5.57 Å². The van der Waals surface area contributed by atoms with E-state index in [2.05, 4.69) is 211 Å². The molecule has 0 amide bonds. The van der Waals surface area contributed by atoms with Gasteiger partial charge in [-0.1, -0.05) is 193 Å². The number of hydrogen-bond donors (Lipinski definition) is 0. The number of benzene rings is 9. The van der Waals surface area contributed by atoms with E-state index < -0.39 is 0 Å². The van der Waals surface area contributed by atoms with Gasteiger partial charge in [-0.3, -0.25) is 0 Å². The molecule has 9 aromatic rings. The van der Waals surface area contributed by atoms with E-state index in [-0.39, 0.29) is 6.04 Å². The van der Waals surface area contributed by atoms with Gasteiger partial charge >= 0.3 is 0 Å². The summed E-state index contributed by atoms with van der Waals surface area (Å²) >= 11 is 0. The summed E-state index contributed by atoms with van der Waals surface area (Å²) in [5.41, 5.74) is 11.7. The third kappa shape index (κ3) is 5.35. The Morgan fingerprint density at radius 3 is 1.43 bits per heavy atom. The summed E-state index contributed by atoms with van der Waals surface area (Å²) < 4.78 is 2.20. The highest BCUT2D eigenvalue weighted by atomic mass is 15.3. The monoisotopic (exact) mass is 675 g/mol. The van der Waals surface area contributed by atoms with E-state index >= 15 is 0 Å². The Balaban J connectivity index is 1.16. The Bertz CT molecular complexity index is 2800. The van der Waals surface area contributed by atoms with Crippen LogP contribution in [0.5, 0.6) is 0 Å². The highest BCUT2D eigenvalue weighted by Gasteiger charge is 2.41. The van der Waals surface area contributed by atoms with Crippen molar-refractivity contribution in [1.82, 2.24) is 0 Å². The van der Waals surface area contributed by atoms with Crippen molar-refractivity contribution in [2.45, 2.75) is 6.04 Å². The largest absolute Gasteiger partial charge is 0.238 e. The molecule has 1 unspecified atom stereocenters. The normalized spacial score (nSPS) is 14.3. The Morgan fingerprint density at radius 1 is 0.358 bits per heavy atom. The van der Waals surface area contributed by atoms with Crippen LogP contribution in [-0.2, 0) is 0 Å². The SMILES string of the molecule is c1ccc(C2=C(c3ccccc3)C(c3ccc(-c4c5ccccc5c(-c5ccc6ccccc6c5)c5ccccc45)cc3)[N+](c3ccccc3)=N2)cc1. The topological polar surface area (TPSA) is 15.4 Å². The Morgan fingerprint density at radius 2 is 0.830 bits per heavy atom. The van der Waals surface area contributed by atoms with Crippen molar-refractivity contribution in [3.63, 3.8) is 0 Å². The Hall–Kier alpha value is -6.90. The van der Waals surface area contributed by atoms with Crippen LogP contribution in [0.4, 0.5) is 5.69 Å². The number of azo groups is 2. The first-order chi connectivity index (χ1) is 26.3. The van der Waals surface area contributed by atoms with E-state index in [9.17, 15) is 0 Å². The fraction of sp³-hybridized carbons (Fsp3) is 0.0196. The van der Waals surface area contributed by atoms with Gasteiger partial charge in [-0.25, -0.2) is 0 Å². The van der Waals surface area contributed by atoms with Crippen molar-refractivity contribution in [3.05, 3.63) is 223 Å². The quantitative estimate of drug-likeness (QED) is 0.123. The van der Waals surface area contributed by atoms with Crippen molar-refractivity contribution >= 4 is 49.3 Å². The maximum Gasteiger partial charge on any atom is 0.238 e. The fourth-order valence-corrected chi connectivity index (χ4v) is 8.22. The molecule has 0 aliphatic carbocycles. The maximum atomic E-state index is 5.38. The first-order valence-corrected chi connectivity index (χ1v) is 18.3. The minimum absolute atomic E-state index is 0.118. The number of hydrogen-bond acceptors (Lipinski definition) is 1. The molecule has 0 radical (unpaired) electrons. The van der Waals surface area contributed by atoms with E-state index in [1.54, 1.807) is 0 Å². The molecule has 53 heavy (non-hydrogen) atoms. The van der Waals surface area contributed by atoms with Gasteiger partial charge in [-0.2, -0.15) is 0 Å². The number of fused-ring (bicyclic) bond motifs is 3. The summed E-state index contributed by atoms with van der Waals surface area (Å²) in [5, 5.41) is 12.9. The molecule has 0 bridgehead atoms. The van der Waals surface area contributed by atoms with Crippen LogP contribution < -0.4 is 0 Å². The van der Waals surface area contributed by atoms with Gasteiger partial charge in [0, 0.05) is 28.4 Å². The summed E-state index contributed by atoms with van der Waals surface area (Å²) in [6.07, 6.45) is 0. The van der Waals surface area contributed by atoms with Gasteiger partial charge in [0.2, 0.25) is 11.7 Å². The lowest BCUT2D eigenvalue weighted by Crippen LogP contribution is -2.11. The van der Waals surface area contributed by atoms with E-state index in [1.807, 2.05) is 0 Å². The summed E-state index contributed by atoms with van der Waals surface area (Å²) in [5.74, 6) is 0. The highest BCUT2D eigenvalue weighted by molar-refractivity contribution is 6.21. The molecule has 1 atom stereocenters. The molecule has 2 nitrogen and oxygen atoms in total. The first-order valence-electron chi connectivity index (χ1n) is 18.3. The van der Waals surface area contributed by atoms with Crippen LogP contribution in [0.25, 0.3) is 65.8 Å². The fourth-order valence-electron chi connectivity index (χ4n) is 8.22. The van der Waals surface area contributed by atoms with Crippen molar-refractivity contribution < 1.29 is 4.70 Å².